The number of carbonyl (C=O) groups excluding carboxylic acids is 1. The molecule has 1 heterocycles. The van der Waals surface area contributed by atoms with Crippen LogP contribution in [0, 0.1) is 0 Å². The third kappa shape index (κ3) is 4.49. The largest absolute Gasteiger partial charge is 0.444 e. The minimum atomic E-state index is -0.492. The van der Waals surface area contributed by atoms with Crippen molar-refractivity contribution in [2.45, 2.75) is 39.6 Å². The normalized spacial score (nSPS) is 20.3. The molecule has 0 saturated heterocycles. The van der Waals surface area contributed by atoms with Crippen molar-refractivity contribution in [3.63, 3.8) is 0 Å². The van der Waals surface area contributed by atoms with Gasteiger partial charge in [-0.15, -0.1) is 0 Å². The Bertz CT molecular complexity index is 302. The summed E-state index contributed by atoms with van der Waals surface area (Å²) in [6, 6.07) is 0. The molecule has 0 fully saturated rings. The predicted molar refractivity (Wildman–Crippen MR) is 58.5 cm³/mol. The summed E-state index contributed by atoms with van der Waals surface area (Å²) < 4.78 is 5.08. The van der Waals surface area contributed by atoms with Crippen molar-refractivity contribution in [2.75, 3.05) is 0 Å². The zero-order chi connectivity index (χ0) is 11.5. The maximum absolute atomic E-state index is 11.3. The van der Waals surface area contributed by atoms with Crippen LogP contribution >= 0.6 is 0 Å². The second-order valence-electron chi connectivity index (χ2n) is 4.38. The van der Waals surface area contributed by atoms with E-state index in [1.807, 2.05) is 27.7 Å². The lowest BCUT2D eigenvalue weighted by Crippen LogP contribution is -2.45. The average Bonchev–Trinajstić information content (AvgIpc) is 2.05. The highest BCUT2D eigenvalue weighted by molar-refractivity contribution is 5.79. The van der Waals surface area contributed by atoms with Gasteiger partial charge in [-0.25, -0.2) is 9.79 Å². The van der Waals surface area contributed by atoms with Gasteiger partial charge in [-0.1, -0.05) is 0 Å². The number of amides is 1. The molecule has 1 unspecified atom stereocenters. The third-order valence-electron chi connectivity index (χ3n) is 1.55. The molecule has 1 atom stereocenters. The minimum Gasteiger partial charge on any atom is -0.444 e. The van der Waals surface area contributed by atoms with Gasteiger partial charge in [0.15, 0.2) is 6.29 Å². The van der Waals surface area contributed by atoms with Crippen LogP contribution in [0.3, 0.4) is 0 Å². The average molecular weight is 211 g/mol. The van der Waals surface area contributed by atoms with Crippen LogP contribution in [-0.2, 0) is 4.74 Å². The van der Waals surface area contributed by atoms with Gasteiger partial charge in [0, 0.05) is 12.4 Å². The first kappa shape index (κ1) is 11.6. The van der Waals surface area contributed by atoms with Crippen molar-refractivity contribution < 1.29 is 9.53 Å². The lowest BCUT2D eigenvalue weighted by molar-refractivity contribution is 0.0501. The number of allylic oxidation sites excluding steroid dienone is 1. The molecule has 15 heavy (non-hydrogen) atoms. The van der Waals surface area contributed by atoms with Crippen molar-refractivity contribution in [1.82, 2.24) is 10.6 Å². The molecule has 1 rings (SSSR count). The van der Waals surface area contributed by atoms with Gasteiger partial charge in [0.05, 0.1) is 0 Å². The van der Waals surface area contributed by atoms with E-state index in [4.69, 9.17) is 4.74 Å². The Morgan fingerprint density at radius 1 is 1.60 bits per heavy atom. The summed E-state index contributed by atoms with van der Waals surface area (Å²) in [6.07, 6.45) is 2.56. The van der Waals surface area contributed by atoms with E-state index in [1.165, 1.54) is 0 Å². The van der Waals surface area contributed by atoms with E-state index in [-0.39, 0.29) is 0 Å². The second kappa shape index (κ2) is 4.33. The molecule has 0 aromatic rings. The Labute approximate surface area is 89.6 Å². The van der Waals surface area contributed by atoms with E-state index in [1.54, 1.807) is 12.4 Å². The molecule has 0 spiro atoms. The van der Waals surface area contributed by atoms with E-state index in [2.05, 4.69) is 15.6 Å². The summed E-state index contributed by atoms with van der Waals surface area (Å²) in [5, 5.41) is 5.49. The van der Waals surface area contributed by atoms with Gasteiger partial charge in [0.25, 0.3) is 0 Å². The number of nitrogens with one attached hydrogen (secondary N) is 2. The molecule has 84 valence electrons. The van der Waals surface area contributed by atoms with Gasteiger partial charge in [-0.2, -0.15) is 0 Å². The number of aliphatic imine (C=N–C) groups is 1. The molecular formula is C10H17N3O2. The van der Waals surface area contributed by atoms with Crippen LogP contribution < -0.4 is 10.6 Å². The highest BCUT2D eigenvalue weighted by Crippen LogP contribution is 2.06. The van der Waals surface area contributed by atoms with Crippen molar-refractivity contribution >= 4 is 12.3 Å². The number of nitrogens with zero attached hydrogens (tertiary/aromatic N) is 1. The molecule has 5 heteroatoms. The third-order valence-corrected chi connectivity index (χ3v) is 1.55. The van der Waals surface area contributed by atoms with Gasteiger partial charge in [0.2, 0.25) is 0 Å². The summed E-state index contributed by atoms with van der Waals surface area (Å²) in [7, 11) is 0. The van der Waals surface area contributed by atoms with Crippen molar-refractivity contribution in [2.24, 2.45) is 4.99 Å². The zero-order valence-corrected chi connectivity index (χ0v) is 9.50. The van der Waals surface area contributed by atoms with E-state index < -0.39 is 18.0 Å². The minimum absolute atomic E-state index is 0.441. The second-order valence-corrected chi connectivity index (χ2v) is 4.38. The van der Waals surface area contributed by atoms with E-state index in [9.17, 15) is 4.79 Å². The van der Waals surface area contributed by atoms with Gasteiger partial charge >= 0.3 is 6.09 Å². The summed E-state index contributed by atoms with van der Waals surface area (Å²) >= 11 is 0. The number of hydrogen-bond acceptors (Lipinski definition) is 4. The lowest BCUT2D eigenvalue weighted by atomic mass is 10.2. The number of alkyl carbamates (subject to hydrolysis) is 1. The van der Waals surface area contributed by atoms with E-state index >= 15 is 0 Å². The fourth-order valence-electron chi connectivity index (χ4n) is 0.981. The van der Waals surface area contributed by atoms with E-state index in [0.29, 0.717) is 0 Å². The first-order chi connectivity index (χ1) is 6.87. The highest BCUT2D eigenvalue weighted by Gasteiger charge is 2.18. The Balaban J connectivity index is 2.38. The molecule has 0 bridgehead atoms. The Morgan fingerprint density at radius 3 is 2.73 bits per heavy atom. The van der Waals surface area contributed by atoms with Crippen LogP contribution in [0.15, 0.2) is 16.8 Å². The van der Waals surface area contributed by atoms with Crippen molar-refractivity contribution in [3.05, 3.63) is 11.8 Å². The standard InChI is InChI=1S/C10H17N3O2/c1-7-5-11-8(12-6-7)13-9(14)15-10(2,3)4/h5-6,8,11H,1-4H3,(H,13,14). The Hall–Kier alpha value is -1.52. The molecular weight excluding hydrogens is 194 g/mol. The molecule has 0 saturated carbocycles. The Morgan fingerprint density at radius 2 is 2.27 bits per heavy atom. The first-order valence-electron chi connectivity index (χ1n) is 4.82. The molecule has 2 N–H and O–H groups in total. The lowest BCUT2D eigenvalue weighted by Gasteiger charge is -2.23. The topological polar surface area (TPSA) is 62.7 Å². The van der Waals surface area contributed by atoms with Gasteiger partial charge in [0.1, 0.15) is 5.60 Å². The van der Waals surface area contributed by atoms with Crippen LogP contribution in [0.5, 0.6) is 0 Å². The zero-order valence-electron chi connectivity index (χ0n) is 9.50. The van der Waals surface area contributed by atoms with Gasteiger partial charge < -0.3 is 10.1 Å². The number of hydrogen-bond donors (Lipinski definition) is 2. The number of rotatable bonds is 1. The molecule has 0 aliphatic carbocycles. The first-order valence-corrected chi connectivity index (χ1v) is 4.82. The molecule has 0 aromatic heterocycles. The molecule has 5 nitrogen and oxygen atoms in total. The van der Waals surface area contributed by atoms with Crippen molar-refractivity contribution in [3.8, 4) is 0 Å². The Kier molecular flexibility index (Phi) is 3.34. The molecule has 1 aliphatic heterocycles. The van der Waals surface area contributed by atoms with E-state index in [0.717, 1.165) is 5.57 Å². The summed E-state index contributed by atoms with van der Waals surface area (Å²) in [5.74, 6) is 0. The number of carbonyl (C=O) groups is 1. The summed E-state index contributed by atoms with van der Waals surface area (Å²) in [6.45, 7) is 7.36. The molecule has 0 aromatic carbocycles. The number of ether oxygens (including phenoxy) is 1. The van der Waals surface area contributed by atoms with Crippen LogP contribution in [0.4, 0.5) is 4.79 Å². The summed E-state index contributed by atoms with van der Waals surface area (Å²) in [5.41, 5.74) is 0.519. The maximum Gasteiger partial charge on any atom is 0.410 e. The monoisotopic (exact) mass is 211 g/mol. The van der Waals surface area contributed by atoms with Crippen LogP contribution in [0.25, 0.3) is 0 Å². The molecule has 0 radical (unpaired) electrons. The van der Waals surface area contributed by atoms with Crippen LogP contribution in [0.2, 0.25) is 0 Å². The van der Waals surface area contributed by atoms with Crippen LogP contribution in [-0.4, -0.2) is 24.2 Å². The van der Waals surface area contributed by atoms with Crippen LogP contribution in [0.1, 0.15) is 27.7 Å². The fourth-order valence-corrected chi connectivity index (χ4v) is 0.981. The van der Waals surface area contributed by atoms with Crippen molar-refractivity contribution in [1.29, 1.82) is 0 Å². The molecule has 1 aliphatic rings. The highest BCUT2D eigenvalue weighted by atomic mass is 16.6. The molecule has 1 amide bonds. The SMILES string of the molecule is CC1=CNC(NC(=O)OC(C)(C)C)N=C1. The fraction of sp³-hybridized carbons (Fsp3) is 0.600. The predicted octanol–water partition coefficient (Wildman–Crippen LogP) is 1.37. The quantitative estimate of drug-likeness (QED) is 0.688. The van der Waals surface area contributed by atoms with Gasteiger partial charge in [-0.3, -0.25) is 5.32 Å². The maximum atomic E-state index is 11.3. The summed E-state index contributed by atoms with van der Waals surface area (Å²) in [4.78, 5) is 15.4. The smallest absolute Gasteiger partial charge is 0.410 e. The van der Waals surface area contributed by atoms with Gasteiger partial charge in [-0.05, 0) is 33.3 Å².